The molecule has 5 nitrogen and oxygen atoms in total. The summed E-state index contributed by atoms with van der Waals surface area (Å²) in [6.07, 6.45) is 1.12. The number of nitrogens with zero attached hydrogens (tertiary/aromatic N) is 1. The Balaban J connectivity index is 2.24. The first-order chi connectivity index (χ1) is 8.80. The molecular formula is C13H18N2O3S. The third-order valence-electron chi connectivity index (χ3n) is 3.56. The topological polar surface area (TPSA) is 80.5 Å². The Bertz CT molecular complexity index is 598. The lowest BCUT2D eigenvalue weighted by atomic mass is 10.2. The Labute approximate surface area is 113 Å². The lowest BCUT2D eigenvalue weighted by Crippen LogP contribution is -2.31. The second-order valence-electron chi connectivity index (χ2n) is 5.20. The van der Waals surface area contributed by atoms with Gasteiger partial charge in [0, 0.05) is 13.6 Å². The highest BCUT2D eigenvalue weighted by Gasteiger charge is 2.34. The lowest BCUT2D eigenvalue weighted by molar-refractivity contribution is 0.0783. The molecule has 6 heteroatoms. The van der Waals surface area contributed by atoms with Crippen molar-refractivity contribution in [2.45, 2.75) is 18.2 Å². The monoisotopic (exact) mass is 282 g/mol. The summed E-state index contributed by atoms with van der Waals surface area (Å²) < 4.78 is 22.9. The van der Waals surface area contributed by atoms with Crippen molar-refractivity contribution >= 4 is 15.9 Å². The average molecular weight is 282 g/mol. The number of rotatable bonds is 4. The smallest absolute Gasteiger partial charge is 0.254 e. The molecule has 1 fully saturated rings. The van der Waals surface area contributed by atoms with Crippen LogP contribution in [0.25, 0.3) is 0 Å². The van der Waals surface area contributed by atoms with Crippen LogP contribution in [0.5, 0.6) is 0 Å². The molecular weight excluding hydrogens is 264 g/mol. The van der Waals surface area contributed by atoms with E-state index in [1.807, 2.05) is 0 Å². The van der Waals surface area contributed by atoms with Gasteiger partial charge in [0.1, 0.15) is 0 Å². The number of primary sulfonamides is 1. The summed E-state index contributed by atoms with van der Waals surface area (Å²) in [5.74, 6) is 0.864. The summed E-state index contributed by atoms with van der Waals surface area (Å²) in [4.78, 5) is 13.7. The van der Waals surface area contributed by atoms with Gasteiger partial charge in [-0.1, -0.05) is 19.1 Å². The first kappa shape index (κ1) is 14.0. The molecule has 2 rings (SSSR count). The molecule has 0 aromatic heterocycles. The van der Waals surface area contributed by atoms with E-state index in [2.05, 4.69) is 6.92 Å². The van der Waals surface area contributed by atoms with Gasteiger partial charge in [-0.15, -0.1) is 0 Å². The molecule has 19 heavy (non-hydrogen) atoms. The quantitative estimate of drug-likeness (QED) is 0.896. The zero-order valence-electron chi connectivity index (χ0n) is 11.0. The van der Waals surface area contributed by atoms with Gasteiger partial charge in [-0.25, -0.2) is 13.6 Å². The van der Waals surface area contributed by atoms with E-state index >= 15 is 0 Å². The molecule has 2 atom stereocenters. The standard InChI is InChI=1S/C13H18N2O3S/c1-9-7-10(9)8-15(2)13(16)11-5-3-4-6-12(11)19(14,17)18/h3-6,9-10H,7-8H2,1-2H3,(H2,14,17,18). The molecule has 1 amide bonds. The van der Waals surface area contributed by atoms with Crippen LogP contribution < -0.4 is 5.14 Å². The molecule has 0 saturated heterocycles. The third-order valence-corrected chi connectivity index (χ3v) is 4.52. The fourth-order valence-corrected chi connectivity index (χ4v) is 2.92. The minimum Gasteiger partial charge on any atom is -0.341 e. The molecule has 0 bridgehead atoms. The number of benzene rings is 1. The second kappa shape index (κ2) is 4.94. The van der Waals surface area contributed by atoms with Gasteiger partial charge in [0.25, 0.3) is 5.91 Å². The van der Waals surface area contributed by atoms with Gasteiger partial charge in [-0.05, 0) is 30.4 Å². The largest absolute Gasteiger partial charge is 0.341 e. The number of hydrogen-bond acceptors (Lipinski definition) is 3. The number of carbonyl (C=O) groups excluding carboxylic acids is 1. The summed E-state index contributed by atoms with van der Waals surface area (Å²) >= 11 is 0. The van der Waals surface area contributed by atoms with Crippen LogP contribution in [-0.2, 0) is 10.0 Å². The summed E-state index contributed by atoms with van der Waals surface area (Å²) in [5, 5.41) is 5.13. The molecule has 0 radical (unpaired) electrons. The van der Waals surface area contributed by atoms with Gasteiger partial charge in [0.15, 0.2) is 0 Å². The van der Waals surface area contributed by atoms with Crippen LogP contribution >= 0.6 is 0 Å². The highest BCUT2D eigenvalue weighted by molar-refractivity contribution is 7.89. The molecule has 1 aromatic rings. The van der Waals surface area contributed by atoms with Crippen LogP contribution in [0.4, 0.5) is 0 Å². The molecule has 2 N–H and O–H groups in total. The van der Waals surface area contributed by atoms with Crippen molar-refractivity contribution in [1.82, 2.24) is 4.90 Å². The highest BCUT2D eigenvalue weighted by Crippen LogP contribution is 2.38. The Morgan fingerprint density at radius 1 is 1.42 bits per heavy atom. The number of sulfonamides is 1. The van der Waals surface area contributed by atoms with Crippen LogP contribution in [-0.4, -0.2) is 32.8 Å². The summed E-state index contributed by atoms with van der Waals surface area (Å²) in [7, 11) is -2.20. The van der Waals surface area contributed by atoms with Crippen LogP contribution in [0.2, 0.25) is 0 Å². The molecule has 104 valence electrons. The molecule has 0 aliphatic heterocycles. The molecule has 0 heterocycles. The van der Waals surface area contributed by atoms with E-state index in [-0.39, 0.29) is 16.4 Å². The molecule has 1 aromatic carbocycles. The number of amides is 1. The second-order valence-corrected chi connectivity index (χ2v) is 6.73. The Hall–Kier alpha value is -1.40. The van der Waals surface area contributed by atoms with Crippen LogP contribution in [0.15, 0.2) is 29.2 Å². The van der Waals surface area contributed by atoms with Crippen LogP contribution in [0.3, 0.4) is 0 Å². The SMILES string of the molecule is CC1CC1CN(C)C(=O)c1ccccc1S(N)(=O)=O. The van der Waals surface area contributed by atoms with Crippen molar-refractivity contribution in [2.24, 2.45) is 17.0 Å². The Morgan fingerprint density at radius 2 is 2.00 bits per heavy atom. The predicted octanol–water partition coefficient (Wildman–Crippen LogP) is 1.06. The van der Waals surface area contributed by atoms with Crippen molar-refractivity contribution in [2.75, 3.05) is 13.6 Å². The van der Waals surface area contributed by atoms with Gasteiger partial charge in [0.05, 0.1) is 10.5 Å². The van der Waals surface area contributed by atoms with Gasteiger partial charge >= 0.3 is 0 Å². The van der Waals surface area contributed by atoms with Gasteiger partial charge in [-0.3, -0.25) is 4.79 Å². The predicted molar refractivity (Wildman–Crippen MR) is 72.0 cm³/mol. The minimum absolute atomic E-state index is 0.115. The maximum Gasteiger partial charge on any atom is 0.254 e. The number of hydrogen-bond donors (Lipinski definition) is 1. The molecule has 1 aliphatic rings. The van der Waals surface area contributed by atoms with Crippen molar-refractivity contribution < 1.29 is 13.2 Å². The Morgan fingerprint density at radius 3 is 2.53 bits per heavy atom. The lowest BCUT2D eigenvalue weighted by Gasteiger charge is -2.18. The van der Waals surface area contributed by atoms with Crippen LogP contribution in [0.1, 0.15) is 23.7 Å². The first-order valence-corrected chi connectivity index (χ1v) is 7.72. The summed E-state index contributed by atoms with van der Waals surface area (Å²) in [5.41, 5.74) is 0.140. The molecule has 1 aliphatic carbocycles. The zero-order valence-corrected chi connectivity index (χ0v) is 11.9. The van der Waals surface area contributed by atoms with E-state index in [4.69, 9.17) is 5.14 Å². The van der Waals surface area contributed by atoms with Crippen molar-refractivity contribution in [3.8, 4) is 0 Å². The van der Waals surface area contributed by atoms with Crippen molar-refractivity contribution in [3.63, 3.8) is 0 Å². The minimum atomic E-state index is -3.88. The summed E-state index contributed by atoms with van der Waals surface area (Å²) in [6.45, 7) is 2.79. The zero-order chi connectivity index (χ0) is 14.2. The van der Waals surface area contributed by atoms with Crippen LogP contribution in [0, 0.1) is 11.8 Å². The van der Waals surface area contributed by atoms with E-state index in [1.54, 1.807) is 24.1 Å². The molecule has 1 saturated carbocycles. The van der Waals surface area contributed by atoms with E-state index < -0.39 is 10.0 Å². The maximum atomic E-state index is 12.3. The fourth-order valence-electron chi connectivity index (χ4n) is 2.19. The average Bonchev–Trinajstić information content (AvgIpc) is 3.02. The van der Waals surface area contributed by atoms with E-state index in [0.29, 0.717) is 18.4 Å². The number of nitrogens with two attached hydrogens (primary N) is 1. The maximum absolute atomic E-state index is 12.3. The van der Waals surface area contributed by atoms with E-state index in [9.17, 15) is 13.2 Å². The highest BCUT2D eigenvalue weighted by atomic mass is 32.2. The Kier molecular flexibility index (Phi) is 3.64. The number of carbonyl (C=O) groups is 1. The van der Waals surface area contributed by atoms with Gasteiger partial charge < -0.3 is 4.90 Å². The normalized spacial score (nSPS) is 22.1. The van der Waals surface area contributed by atoms with E-state index in [1.165, 1.54) is 12.1 Å². The van der Waals surface area contributed by atoms with Gasteiger partial charge in [-0.2, -0.15) is 0 Å². The third kappa shape index (κ3) is 3.13. The molecule has 2 unspecified atom stereocenters. The van der Waals surface area contributed by atoms with Crippen molar-refractivity contribution in [1.29, 1.82) is 0 Å². The van der Waals surface area contributed by atoms with E-state index in [0.717, 1.165) is 6.42 Å². The van der Waals surface area contributed by atoms with Gasteiger partial charge in [0.2, 0.25) is 10.0 Å². The summed E-state index contributed by atoms with van der Waals surface area (Å²) in [6, 6.07) is 6.04. The first-order valence-electron chi connectivity index (χ1n) is 6.18. The fraction of sp³-hybridized carbons (Fsp3) is 0.462. The molecule has 0 spiro atoms. The van der Waals surface area contributed by atoms with Crippen molar-refractivity contribution in [3.05, 3.63) is 29.8 Å².